The summed E-state index contributed by atoms with van der Waals surface area (Å²) in [6, 6.07) is 7.54. The molecule has 21 heavy (non-hydrogen) atoms. The van der Waals surface area contributed by atoms with E-state index in [1.807, 2.05) is 38.2 Å². The molecule has 1 heterocycles. The molecule has 0 aliphatic heterocycles. The maximum absolute atomic E-state index is 12.2. The number of rotatable bonds is 6. The van der Waals surface area contributed by atoms with Gasteiger partial charge in [-0.25, -0.2) is 0 Å². The molecule has 0 saturated heterocycles. The molecule has 0 radical (unpaired) electrons. The average Bonchev–Trinajstić information content (AvgIpc) is 2.50. The van der Waals surface area contributed by atoms with Crippen LogP contribution in [-0.2, 0) is 0 Å². The molecule has 1 aromatic carbocycles. The first-order valence-electron chi connectivity index (χ1n) is 7.04. The van der Waals surface area contributed by atoms with Crippen molar-refractivity contribution in [2.75, 3.05) is 27.2 Å². The van der Waals surface area contributed by atoms with E-state index in [1.165, 1.54) is 0 Å². The van der Waals surface area contributed by atoms with E-state index in [0.717, 1.165) is 35.3 Å². The van der Waals surface area contributed by atoms with Crippen molar-refractivity contribution in [1.29, 1.82) is 0 Å². The molecule has 1 aromatic heterocycles. The summed E-state index contributed by atoms with van der Waals surface area (Å²) in [5.74, 6) is 0.687. The Balaban J connectivity index is 2.20. The lowest BCUT2D eigenvalue weighted by Gasteiger charge is -2.09. The van der Waals surface area contributed by atoms with Gasteiger partial charge in [-0.1, -0.05) is 0 Å². The monoisotopic (exact) mass is 287 g/mol. The Kier molecular flexibility index (Phi) is 5.11. The minimum atomic E-state index is -0.0752. The van der Waals surface area contributed by atoms with Crippen LogP contribution in [0.25, 0.3) is 10.9 Å². The van der Waals surface area contributed by atoms with E-state index in [-0.39, 0.29) is 5.91 Å². The van der Waals surface area contributed by atoms with Gasteiger partial charge >= 0.3 is 0 Å². The van der Waals surface area contributed by atoms with Crippen molar-refractivity contribution >= 4 is 16.8 Å². The van der Waals surface area contributed by atoms with Gasteiger partial charge in [0.2, 0.25) is 0 Å². The predicted molar refractivity (Wildman–Crippen MR) is 83.9 cm³/mol. The van der Waals surface area contributed by atoms with Crippen molar-refractivity contribution in [2.45, 2.75) is 13.3 Å². The number of hydrogen-bond acceptors (Lipinski definition) is 4. The molecule has 0 spiro atoms. The van der Waals surface area contributed by atoms with Crippen LogP contribution in [-0.4, -0.2) is 38.1 Å². The van der Waals surface area contributed by atoms with Crippen LogP contribution >= 0.6 is 0 Å². The highest BCUT2D eigenvalue weighted by Gasteiger charge is 2.11. The van der Waals surface area contributed by atoms with Gasteiger partial charge < -0.3 is 15.4 Å². The molecule has 112 valence electrons. The van der Waals surface area contributed by atoms with Crippen LogP contribution in [0.3, 0.4) is 0 Å². The predicted octanol–water partition coefficient (Wildman–Crippen LogP) is 1.89. The Hall–Kier alpha value is -2.14. The fourth-order valence-corrected chi connectivity index (χ4v) is 2.16. The van der Waals surface area contributed by atoms with Gasteiger partial charge in [-0.3, -0.25) is 9.78 Å². The molecule has 2 N–H and O–H groups in total. The molecule has 0 aliphatic rings. The largest absolute Gasteiger partial charge is 0.497 e. The number of nitrogens with zero attached hydrogens (tertiary/aromatic N) is 1. The number of aromatic nitrogens is 1. The molecule has 5 heteroatoms. The summed E-state index contributed by atoms with van der Waals surface area (Å²) in [6.45, 7) is 3.39. The maximum Gasteiger partial charge on any atom is 0.253 e. The highest BCUT2D eigenvalue weighted by Crippen LogP contribution is 2.21. The lowest BCUT2D eigenvalue weighted by Crippen LogP contribution is -2.27. The van der Waals surface area contributed by atoms with Gasteiger partial charge in [-0.2, -0.15) is 0 Å². The number of methoxy groups -OCH3 is 1. The second-order valence-corrected chi connectivity index (χ2v) is 4.89. The van der Waals surface area contributed by atoms with Crippen molar-refractivity contribution in [2.24, 2.45) is 0 Å². The van der Waals surface area contributed by atoms with E-state index < -0.39 is 0 Å². The number of fused-ring (bicyclic) bond motifs is 1. The van der Waals surface area contributed by atoms with Crippen molar-refractivity contribution in [1.82, 2.24) is 15.6 Å². The molecule has 0 atom stereocenters. The van der Waals surface area contributed by atoms with E-state index in [4.69, 9.17) is 4.74 Å². The van der Waals surface area contributed by atoms with E-state index in [9.17, 15) is 4.79 Å². The lowest BCUT2D eigenvalue weighted by atomic mass is 10.1. The molecule has 0 saturated carbocycles. The van der Waals surface area contributed by atoms with Crippen LogP contribution in [0.5, 0.6) is 5.75 Å². The van der Waals surface area contributed by atoms with Gasteiger partial charge in [-0.15, -0.1) is 0 Å². The highest BCUT2D eigenvalue weighted by atomic mass is 16.5. The van der Waals surface area contributed by atoms with Crippen molar-refractivity contribution < 1.29 is 9.53 Å². The molecule has 0 unspecified atom stereocenters. The Morgan fingerprint density at radius 1 is 1.29 bits per heavy atom. The summed E-state index contributed by atoms with van der Waals surface area (Å²) in [6.07, 6.45) is 0.902. The topological polar surface area (TPSA) is 63.2 Å². The lowest BCUT2D eigenvalue weighted by molar-refractivity contribution is 0.0952. The van der Waals surface area contributed by atoms with Crippen LogP contribution in [0.15, 0.2) is 24.3 Å². The molecule has 0 fully saturated rings. The van der Waals surface area contributed by atoms with E-state index in [0.29, 0.717) is 12.1 Å². The number of ether oxygens (including phenoxy) is 1. The molecule has 2 aromatic rings. The van der Waals surface area contributed by atoms with Gasteiger partial charge in [0.15, 0.2) is 0 Å². The summed E-state index contributed by atoms with van der Waals surface area (Å²) in [4.78, 5) is 16.7. The smallest absolute Gasteiger partial charge is 0.253 e. The molecular formula is C16H21N3O2. The zero-order valence-electron chi connectivity index (χ0n) is 12.7. The van der Waals surface area contributed by atoms with Crippen LogP contribution in [0, 0.1) is 6.92 Å². The Bertz CT molecular complexity index is 641. The summed E-state index contributed by atoms with van der Waals surface area (Å²) >= 11 is 0. The highest BCUT2D eigenvalue weighted by molar-refractivity contribution is 5.98. The first-order chi connectivity index (χ1) is 10.2. The first-order valence-corrected chi connectivity index (χ1v) is 7.04. The van der Waals surface area contributed by atoms with Gasteiger partial charge in [-0.05, 0) is 45.1 Å². The number of hydrogen-bond donors (Lipinski definition) is 2. The fourth-order valence-electron chi connectivity index (χ4n) is 2.16. The van der Waals surface area contributed by atoms with Crippen molar-refractivity contribution in [3.63, 3.8) is 0 Å². The molecule has 1 amide bonds. The normalized spacial score (nSPS) is 10.6. The molecule has 0 bridgehead atoms. The zero-order valence-corrected chi connectivity index (χ0v) is 12.7. The van der Waals surface area contributed by atoms with Gasteiger partial charge in [0.05, 0.1) is 23.9 Å². The minimum absolute atomic E-state index is 0.0752. The Labute approximate surface area is 124 Å². The average molecular weight is 287 g/mol. The minimum Gasteiger partial charge on any atom is -0.497 e. The van der Waals surface area contributed by atoms with Crippen molar-refractivity contribution in [3.8, 4) is 5.75 Å². The summed E-state index contributed by atoms with van der Waals surface area (Å²) in [5.41, 5.74) is 2.18. The SMILES string of the molecule is CNCCCNC(=O)c1cc2ccc(OC)cc2nc1C. The maximum atomic E-state index is 12.2. The number of amides is 1. The second-order valence-electron chi connectivity index (χ2n) is 4.89. The third-order valence-electron chi connectivity index (χ3n) is 3.35. The van der Waals surface area contributed by atoms with E-state index >= 15 is 0 Å². The van der Waals surface area contributed by atoms with E-state index in [1.54, 1.807) is 7.11 Å². The van der Waals surface area contributed by atoms with Crippen LogP contribution < -0.4 is 15.4 Å². The van der Waals surface area contributed by atoms with Crippen molar-refractivity contribution in [3.05, 3.63) is 35.5 Å². The Morgan fingerprint density at radius 3 is 2.81 bits per heavy atom. The third-order valence-corrected chi connectivity index (χ3v) is 3.35. The summed E-state index contributed by atoms with van der Waals surface area (Å²) in [5, 5.41) is 6.90. The van der Waals surface area contributed by atoms with Crippen LogP contribution in [0.4, 0.5) is 0 Å². The van der Waals surface area contributed by atoms with Gasteiger partial charge in [0.1, 0.15) is 5.75 Å². The van der Waals surface area contributed by atoms with Crippen LogP contribution in [0.2, 0.25) is 0 Å². The number of pyridine rings is 1. The van der Waals surface area contributed by atoms with Crippen LogP contribution in [0.1, 0.15) is 22.5 Å². The molecule has 0 aliphatic carbocycles. The second kappa shape index (κ2) is 7.04. The number of carbonyl (C=O) groups is 1. The Morgan fingerprint density at radius 2 is 2.10 bits per heavy atom. The molecule has 5 nitrogen and oxygen atoms in total. The number of benzene rings is 1. The third kappa shape index (κ3) is 3.70. The van der Waals surface area contributed by atoms with Gasteiger partial charge in [0, 0.05) is 18.0 Å². The molecular weight excluding hydrogens is 266 g/mol. The number of nitrogens with one attached hydrogen (secondary N) is 2. The quantitative estimate of drug-likeness (QED) is 0.796. The summed E-state index contributed by atoms with van der Waals surface area (Å²) in [7, 11) is 3.52. The standard InChI is InChI=1S/C16H21N3O2/c1-11-14(16(20)18-8-4-7-17-2)9-12-5-6-13(21-3)10-15(12)19-11/h5-6,9-10,17H,4,7-8H2,1-3H3,(H,18,20). The zero-order chi connectivity index (χ0) is 15.2. The van der Waals surface area contributed by atoms with E-state index in [2.05, 4.69) is 15.6 Å². The number of carbonyl (C=O) groups excluding carboxylic acids is 1. The summed E-state index contributed by atoms with van der Waals surface area (Å²) < 4.78 is 5.19. The first kappa shape index (κ1) is 15.3. The number of aryl methyl sites for hydroxylation is 1. The van der Waals surface area contributed by atoms with Gasteiger partial charge in [0.25, 0.3) is 5.91 Å². The molecule has 2 rings (SSSR count). The fraction of sp³-hybridized carbons (Fsp3) is 0.375.